The number of aromatic nitrogens is 3. The summed E-state index contributed by atoms with van der Waals surface area (Å²) in [6.07, 6.45) is 1.57. The molecule has 0 spiro atoms. The molecule has 1 aromatic carbocycles. The molecule has 0 aliphatic heterocycles. The van der Waals surface area contributed by atoms with Crippen molar-refractivity contribution in [3.63, 3.8) is 0 Å². The number of benzene rings is 1. The summed E-state index contributed by atoms with van der Waals surface area (Å²) in [4.78, 5) is 28.9. The van der Waals surface area contributed by atoms with Crippen LogP contribution in [0.2, 0.25) is 0 Å². The van der Waals surface area contributed by atoms with Gasteiger partial charge < -0.3 is 10.2 Å². The highest BCUT2D eigenvalue weighted by Gasteiger charge is 2.17. The molecule has 2 aromatic heterocycles. The Morgan fingerprint density at radius 3 is 2.70 bits per heavy atom. The van der Waals surface area contributed by atoms with E-state index < -0.39 is 5.91 Å². The van der Waals surface area contributed by atoms with Gasteiger partial charge in [-0.1, -0.05) is 6.07 Å². The van der Waals surface area contributed by atoms with Gasteiger partial charge in [0.25, 0.3) is 11.5 Å². The molecule has 3 aromatic rings. The number of carbonyl (C=O) groups is 1. The SMILES string of the molecule is C/C(=N/NC(=O)c1ccc(O)cc1O)c1c(C)[nH]n(-c2ccccn2)c1=O. The lowest BCUT2D eigenvalue weighted by Gasteiger charge is -2.04. The molecule has 0 bridgehead atoms. The zero-order chi connectivity index (χ0) is 19.6. The quantitative estimate of drug-likeness (QED) is 0.409. The van der Waals surface area contributed by atoms with Gasteiger partial charge >= 0.3 is 0 Å². The van der Waals surface area contributed by atoms with Gasteiger partial charge in [-0.05, 0) is 38.1 Å². The summed E-state index contributed by atoms with van der Waals surface area (Å²) < 4.78 is 1.29. The molecule has 3 rings (SSSR count). The highest BCUT2D eigenvalue weighted by molar-refractivity contribution is 6.02. The molecule has 27 heavy (non-hydrogen) atoms. The van der Waals surface area contributed by atoms with E-state index in [1.807, 2.05) is 0 Å². The number of nitrogens with zero attached hydrogens (tertiary/aromatic N) is 3. The number of hydrogen-bond donors (Lipinski definition) is 4. The van der Waals surface area contributed by atoms with E-state index in [1.54, 1.807) is 38.2 Å². The number of hydrazone groups is 1. The second-order valence-electron chi connectivity index (χ2n) is 5.78. The van der Waals surface area contributed by atoms with Gasteiger partial charge in [0.1, 0.15) is 11.5 Å². The maximum Gasteiger partial charge on any atom is 0.282 e. The summed E-state index contributed by atoms with van der Waals surface area (Å²) in [5, 5.41) is 25.9. The molecule has 4 N–H and O–H groups in total. The van der Waals surface area contributed by atoms with E-state index in [-0.39, 0.29) is 28.3 Å². The van der Waals surface area contributed by atoms with Gasteiger partial charge in [-0.15, -0.1) is 0 Å². The van der Waals surface area contributed by atoms with Gasteiger partial charge in [-0.2, -0.15) is 5.10 Å². The Balaban J connectivity index is 1.88. The van der Waals surface area contributed by atoms with E-state index in [0.717, 1.165) is 6.07 Å². The minimum atomic E-state index is -0.676. The molecule has 1 amide bonds. The van der Waals surface area contributed by atoms with E-state index in [1.165, 1.54) is 16.8 Å². The van der Waals surface area contributed by atoms with Crippen LogP contribution in [0.15, 0.2) is 52.5 Å². The standard InChI is InChI=1S/C18H17N5O4/c1-10(20-21-17(26)13-7-6-12(24)9-14(13)25)16-11(2)22-23(18(16)27)15-5-3-4-8-19-15/h3-9,22,24-25H,1-2H3,(H,21,26)/b20-10-. The van der Waals surface area contributed by atoms with Crippen molar-refractivity contribution in [2.75, 3.05) is 0 Å². The maximum atomic E-state index is 12.7. The van der Waals surface area contributed by atoms with E-state index >= 15 is 0 Å². The molecule has 0 aliphatic carbocycles. The van der Waals surface area contributed by atoms with Crippen LogP contribution in [0.5, 0.6) is 11.5 Å². The number of aryl methyl sites for hydroxylation is 1. The van der Waals surface area contributed by atoms with Crippen molar-refractivity contribution in [2.45, 2.75) is 13.8 Å². The topological polar surface area (TPSA) is 133 Å². The number of H-pyrrole nitrogens is 1. The summed E-state index contributed by atoms with van der Waals surface area (Å²) in [5.41, 5.74) is 3.04. The highest BCUT2D eigenvalue weighted by Crippen LogP contribution is 2.22. The van der Waals surface area contributed by atoms with Crippen LogP contribution in [-0.2, 0) is 0 Å². The van der Waals surface area contributed by atoms with Crippen LogP contribution in [-0.4, -0.2) is 36.6 Å². The van der Waals surface area contributed by atoms with Crippen LogP contribution >= 0.6 is 0 Å². The van der Waals surface area contributed by atoms with Gasteiger partial charge in [-0.3, -0.25) is 14.7 Å². The van der Waals surface area contributed by atoms with Gasteiger partial charge in [0.15, 0.2) is 5.82 Å². The number of aromatic hydroxyl groups is 2. The number of pyridine rings is 1. The van der Waals surface area contributed by atoms with Crippen molar-refractivity contribution in [2.24, 2.45) is 5.10 Å². The van der Waals surface area contributed by atoms with Gasteiger partial charge in [0, 0.05) is 18.0 Å². The first kappa shape index (κ1) is 17.9. The first-order valence-electron chi connectivity index (χ1n) is 7.98. The summed E-state index contributed by atoms with van der Waals surface area (Å²) >= 11 is 0. The van der Waals surface area contributed by atoms with Crippen LogP contribution in [0.3, 0.4) is 0 Å². The fraction of sp³-hybridized carbons (Fsp3) is 0.111. The lowest BCUT2D eigenvalue weighted by Crippen LogP contribution is -2.23. The van der Waals surface area contributed by atoms with Crippen LogP contribution in [0.25, 0.3) is 5.82 Å². The molecule has 0 atom stereocenters. The fourth-order valence-electron chi connectivity index (χ4n) is 2.58. The number of phenolic OH excluding ortho intramolecular Hbond substituents is 2. The summed E-state index contributed by atoms with van der Waals surface area (Å²) in [6, 6.07) is 8.77. The summed E-state index contributed by atoms with van der Waals surface area (Å²) in [6.45, 7) is 3.29. The number of phenols is 2. The average molecular weight is 367 g/mol. The van der Waals surface area contributed by atoms with E-state index in [2.05, 4.69) is 20.6 Å². The number of aromatic amines is 1. The number of carbonyl (C=O) groups excluding carboxylic acids is 1. The lowest BCUT2D eigenvalue weighted by molar-refractivity contribution is 0.0952. The third-order valence-corrected chi connectivity index (χ3v) is 3.86. The zero-order valence-corrected chi connectivity index (χ0v) is 14.6. The normalized spacial score (nSPS) is 11.4. The van der Waals surface area contributed by atoms with Crippen molar-refractivity contribution in [3.8, 4) is 17.3 Å². The largest absolute Gasteiger partial charge is 0.508 e. The molecule has 9 nitrogen and oxygen atoms in total. The minimum absolute atomic E-state index is 0.0546. The second-order valence-corrected chi connectivity index (χ2v) is 5.78. The molecule has 0 fully saturated rings. The Hall–Kier alpha value is -3.88. The molecule has 0 saturated heterocycles. The monoisotopic (exact) mass is 367 g/mol. The van der Waals surface area contributed by atoms with E-state index in [0.29, 0.717) is 17.1 Å². The molecule has 0 radical (unpaired) electrons. The molecular formula is C18H17N5O4. The lowest BCUT2D eigenvalue weighted by atomic mass is 10.2. The number of hydrogen-bond acceptors (Lipinski definition) is 6. The fourth-order valence-corrected chi connectivity index (χ4v) is 2.58. The summed E-state index contributed by atoms with van der Waals surface area (Å²) in [7, 11) is 0. The molecule has 9 heteroatoms. The predicted molar refractivity (Wildman–Crippen MR) is 98.4 cm³/mol. The third-order valence-electron chi connectivity index (χ3n) is 3.86. The van der Waals surface area contributed by atoms with Crippen molar-refractivity contribution in [1.29, 1.82) is 0 Å². The Morgan fingerprint density at radius 2 is 2.04 bits per heavy atom. The van der Waals surface area contributed by atoms with Gasteiger partial charge in [-0.25, -0.2) is 15.1 Å². The van der Waals surface area contributed by atoms with Gasteiger partial charge in [0.05, 0.1) is 16.8 Å². The number of nitrogens with one attached hydrogen (secondary N) is 2. The molecule has 0 unspecified atom stereocenters. The Kier molecular flexibility index (Phi) is 4.75. The number of rotatable bonds is 4. The van der Waals surface area contributed by atoms with E-state index in [9.17, 15) is 19.8 Å². The second kappa shape index (κ2) is 7.16. The van der Waals surface area contributed by atoms with Crippen molar-refractivity contribution in [1.82, 2.24) is 20.2 Å². The van der Waals surface area contributed by atoms with E-state index in [4.69, 9.17) is 0 Å². The molecule has 0 aliphatic rings. The van der Waals surface area contributed by atoms with Crippen LogP contribution in [0, 0.1) is 6.92 Å². The van der Waals surface area contributed by atoms with Crippen LogP contribution in [0.4, 0.5) is 0 Å². The van der Waals surface area contributed by atoms with Gasteiger partial charge in [0.2, 0.25) is 0 Å². The Bertz CT molecular complexity index is 1080. The first-order chi connectivity index (χ1) is 12.9. The van der Waals surface area contributed by atoms with Crippen LogP contribution < -0.4 is 11.0 Å². The predicted octanol–water partition coefficient (Wildman–Crippen LogP) is 1.43. The zero-order valence-electron chi connectivity index (χ0n) is 14.6. The van der Waals surface area contributed by atoms with Crippen molar-refractivity contribution < 1.29 is 15.0 Å². The first-order valence-corrected chi connectivity index (χ1v) is 7.98. The molecule has 0 saturated carbocycles. The molecule has 138 valence electrons. The molecule has 2 heterocycles. The van der Waals surface area contributed by atoms with Crippen LogP contribution in [0.1, 0.15) is 28.5 Å². The smallest absolute Gasteiger partial charge is 0.282 e. The number of amides is 1. The summed E-state index contributed by atoms with van der Waals surface area (Å²) in [5.74, 6) is -0.787. The Labute approximate surface area is 153 Å². The van der Waals surface area contributed by atoms with Crippen molar-refractivity contribution >= 4 is 11.6 Å². The maximum absolute atomic E-state index is 12.7. The Morgan fingerprint density at radius 1 is 1.26 bits per heavy atom. The molecular weight excluding hydrogens is 350 g/mol. The van der Waals surface area contributed by atoms with Crippen molar-refractivity contribution in [3.05, 3.63) is 69.8 Å². The average Bonchev–Trinajstić information content (AvgIpc) is 2.94. The third kappa shape index (κ3) is 3.56. The highest BCUT2D eigenvalue weighted by atomic mass is 16.3. The minimum Gasteiger partial charge on any atom is -0.508 e.